The van der Waals surface area contributed by atoms with E-state index in [1.165, 1.54) is 6.07 Å². The van der Waals surface area contributed by atoms with Crippen molar-refractivity contribution < 1.29 is 9.13 Å². The van der Waals surface area contributed by atoms with Crippen LogP contribution in [0.25, 0.3) is 22.8 Å². The minimum atomic E-state index is -0.299. The van der Waals surface area contributed by atoms with E-state index in [0.29, 0.717) is 29.5 Å². The average molecular weight is 313 g/mol. The van der Waals surface area contributed by atoms with Crippen molar-refractivity contribution in [1.82, 2.24) is 25.0 Å². The molecule has 0 bridgehead atoms. The molecule has 1 atom stereocenters. The summed E-state index contributed by atoms with van der Waals surface area (Å²) in [7, 11) is 0. The third-order valence-corrected chi connectivity index (χ3v) is 3.96. The molecule has 1 fully saturated rings. The number of halogens is 1. The number of rotatable bonds is 3. The van der Waals surface area contributed by atoms with Crippen LogP contribution < -0.4 is 0 Å². The van der Waals surface area contributed by atoms with Gasteiger partial charge >= 0.3 is 0 Å². The van der Waals surface area contributed by atoms with Crippen LogP contribution >= 0.6 is 0 Å². The Morgan fingerprint density at radius 3 is 3.00 bits per heavy atom. The first-order chi connectivity index (χ1) is 11.2. The Kier molecular flexibility index (Phi) is 3.42. The summed E-state index contributed by atoms with van der Waals surface area (Å²) in [5.41, 5.74) is 1.73. The molecule has 0 radical (unpaired) electrons. The fraction of sp³-hybridized carbons (Fsp3) is 0.312. The first kappa shape index (κ1) is 14.1. The topological polar surface area (TPSA) is 68.6 Å². The number of benzene rings is 1. The molecule has 0 aliphatic carbocycles. The Labute approximate surface area is 132 Å². The van der Waals surface area contributed by atoms with E-state index in [0.717, 1.165) is 18.7 Å². The van der Waals surface area contributed by atoms with E-state index in [1.807, 2.05) is 11.6 Å². The Bertz CT molecular complexity index is 835. The van der Waals surface area contributed by atoms with E-state index in [9.17, 15) is 4.39 Å². The van der Waals surface area contributed by atoms with Gasteiger partial charge in [0.15, 0.2) is 5.82 Å². The van der Waals surface area contributed by atoms with Gasteiger partial charge in [-0.2, -0.15) is 10.2 Å². The van der Waals surface area contributed by atoms with Crippen molar-refractivity contribution in [2.24, 2.45) is 0 Å². The molecule has 118 valence electrons. The zero-order chi connectivity index (χ0) is 15.8. The Morgan fingerprint density at radius 2 is 2.22 bits per heavy atom. The van der Waals surface area contributed by atoms with Crippen LogP contribution in [0.3, 0.4) is 0 Å². The first-order valence-corrected chi connectivity index (χ1v) is 7.54. The molecule has 3 aromatic rings. The highest BCUT2D eigenvalue weighted by Crippen LogP contribution is 2.28. The van der Waals surface area contributed by atoms with Gasteiger partial charge in [-0.25, -0.2) is 14.1 Å². The van der Waals surface area contributed by atoms with Crippen LogP contribution in [0.5, 0.6) is 0 Å². The molecular formula is C16H16FN5O. The van der Waals surface area contributed by atoms with Crippen LogP contribution in [0.4, 0.5) is 4.39 Å². The first-order valence-electron chi connectivity index (χ1n) is 7.54. The van der Waals surface area contributed by atoms with Crippen LogP contribution in [0, 0.1) is 12.7 Å². The monoisotopic (exact) mass is 313 g/mol. The smallest absolute Gasteiger partial charge is 0.176 e. The Morgan fingerprint density at radius 1 is 1.35 bits per heavy atom. The van der Waals surface area contributed by atoms with Crippen molar-refractivity contribution in [3.05, 3.63) is 42.0 Å². The van der Waals surface area contributed by atoms with Gasteiger partial charge in [-0.3, -0.25) is 5.10 Å². The molecular weight excluding hydrogens is 297 g/mol. The van der Waals surface area contributed by atoms with Crippen molar-refractivity contribution in [3.8, 4) is 22.8 Å². The summed E-state index contributed by atoms with van der Waals surface area (Å²) in [5.74, 6) is 1.09. The van der Waals surface area contributed by atoms with Gasteiger partial charge in [0.25, 0.3) is 0 Å². The van der Waals surface area contributed by atoms with Gasteiger partial charge in [0.05, 0.1) is 18.3 Å². The molecule has 1 aliphatic heterocycles. The predicted molar refractivity (Wildman–Crippen MR) is 82.2 cm³/mol. The van der Waals surface area contributed by atoms with Crippen molar-refractivity contribution in [1.29, 1.82) is 0 Å². The molecule has 2 aromatic heterocycles. The lowest BCUT2D eigenvalue weighted by molar-refractivity contribution is 0.184. The highest BCUT2D eigenvalue weighted by molar-refractivity contribution is 5.65. The van der Waals surface area contributed by atoms with Crippen LogP contribution in [0.15, 0.2) is 30.3 Å². The highest BCUT2D eigenvalue weighted by Gasteiger charge is 2.24. The SMILES string of the molecule is Cc1nc(-c2cc(-c3ccccc3F)n[nH]2)n(C2CCOC2)n1. The molecule has 1 aromatic carbocycles. The molecule has 0 spiro atoms. The lowest BCUT2D eigenvalue weighted by Gasteiger charge is -2.10. The summed E-state index contributed by atoms with van der Waals surface area (Å²) in [6.45, 7) is 3.21. The zero-order valence-electron chi connectivity index (χ0n) is 12.7. The van der Waals surface area contributed by atoms with Crippen molar-refractivity contribution in [3.63, 3.8) is 0 Å². The summed E-state index contributed by atoms with van der Waals surface area (Å²) in [5, 5.41) is 11.6. The summed E-state index contributed by atoms with van der Waals surface area (Å²) in [6, 6.07) is 8.55. The van der Waals surface area contributed by atoms with Crippen LogP contribution in [0.1, 0.15) is 18.3 Å². The lowest BCUT2D eigenvalue weighted by Crippen LogP contribution is -2.12. The molecule has 0 amide bonds. The number of H-pyrrole nitrogens is 1. The van der Waals surface area contributed by atoms with Gasteiger partial charge in [-0.05, 0) is 31.5 Å². The molecule has 6 nitrogen and oxygen atoms in total. The van der Waals surface area contributed by atoms with Gasteiger partial charge in [0.2, 0.25) is 0 Å². The maximum Gasteiger partial charge on any atom is 0.176 e. The Balaban J connectivity index is 1.74. The molecule has 1 unspecified atom stereocenters. The molecule has 1 aliphatic rings. The van der Waals surface area contributed by atoms with Gasteiger partial charge in [-0.1, -0.05) is 12.1 Å². The van der Waals surface area contributed by atoms with Crippen molar-refractivity contribution in [2.45, 2.75) is 19.4 Å². The minimum Gasteiger partial charge on any atom is -0.379 e. The number of nitrogens with one attached hydrogen (secondary N) is 1. The van der Waals surface area contributed by atoms with Crippen LogP contribution in [-0.2, 0) is 4.74 Å². The van der Waals surface area contributed by atoms with E-state index in [2.05, 4.69) is 20.3 Å². The second kappa shape index (κ2) is 5.58. The van der Waals surface area contributed by atoms with Gasteiger partial charge in [-0.15, -0.1) is 0 Å². The summed E-state index contributed by atoms with van der Waals surface area (Å²) < 4.78 is 21.2. The predicted octanol–water partition coefficient (Wildman–Crippen LogP) is 2.74. The van der Waals surface area contributed by atoms with Crippen molar-refractivity contribution in [2.75, 3.05) is 13.2 Å². The second-order valence-electron chi connectivity index (χ2n) is 5.59. The normalized spacial score (nSPS) is 17.7. The van der Waals surface area contributed by atoms with Crippen LogP contribution in [0.2, 0.25) is 0 Å². The van der Waals surface area contributed by atoms with Crippen molar-refractivity contribution >= 4 is 0 Å². The largest absolute Gasteiger partial charge is 0.379 e. The van der Waals surface area contributed by atoms with E-state index >= 15 is 0 Å². The summed E-state index contributed by atoms with van der Waals surface area (Å²) in [6.07, 6.45) is 0.907. The molecule has 1 saturated heterocycles. The number of aromatic nitrogens is 5. The van der Waals surface area contributed by atoms with E-state index in [1.54, 1.807) is 24.3 Å². The molecule has 23 heavy (non-hydrogen) atoms. The number of ether oxygens (including phenoxy) is 1. The van der Waals surface area contributed by atoms with Crippen LogP contribution in [-0.4, -0.2) is 38.2 Å². The second-order valence-corrected chi connectivity index (χ2v) is 5.59. The standard InChI is InChI=1S/C16H16FN5O/c1-10-18-16(22(21-10)11-6-7-23-9-11)15-8-14(19-20-15)12-4-2-3-5-13(12)17/h2-5,8,11H,6-7,9H2,1H3,(H,19,20). The third-order valence-electron chi connectivity index (χ3n) is 3.96. The molecule has 3 heterocycles. The molecule has 0 saturated carbocycles. The Hall–Kier alpha value is -2.54. The third kappa shape index (κ3) is 2.53. The average Bonchev–Trinajstić information content (AvgIpc) is 3.27. The number of hydrogen-bond donors (Lipinski definition) is 1. The lowest BCUT2D eigenvalue weighted by atomic mass is 10.1. The molecule has 1 N–H and O–H groups in total. The van der Waals surface area contributed by atoms with E-state index in [-0.39, 0.29) is 11.9 Å². The number of aromatic amines is 1. The van der Waals surface area contributed by atoms with Gasteiger partial charge in [0.1, 0.15) is 17.3 Å². The number of aryl methyl sites for hydroxylation is 1. The maximum atomic E-state index is 13.9. The summed E-state index contributed by atoms with van der Waals surface area (Å²) in [4.78, 5) is 4.49. The fourth-order valence-electron chi connectivity index (χ4n) is 2.83. The minimum absolute atomic E-state index is 0.173. The van der Waals surface area contributed by atoms with Gasteiger partial charge in [0, 0.05) is 12.2 Å². The summed E-state index contributed by atoms with van der Waals surface area (Å²) >= 11 is 0. The molecule has 4 rings (SSSR count). The number of hydrogen-bond acceptors (Lipinski definition) is 4. The zero-order valence-corrected chi connectivity index (χ0v) is 12.7. The van der Waals surface area contributed by atoms with E-state index < -0.39 is 0 Å². The highest BCUT2D eigenvalue weighted by atomic mass is 19.1. The quantitative estimate of drug-likeness (QED) is 0.807. The molecule has 7 heteroatoms. The fourth-order valence-corrected chi connectivity index (χ4v) is 2.83. The van der Waals surface area contributed by atoms with E-state index in [4.69, 9.17) is 4.74 Å². The van der Waals surface area contributed by atoms with Gasteiger partial charge < -0.3 is 4.74 Å². The maximum absolute atomic E-state index is 13.9. The number of nitrogens with zero attached hydrogens (tertiary/aromatic N) is 4.